The lowest BCUT2D eigenvalue weighted by Crippen LogP contribution is -2.59. The fourth-order valence-corrected chi connectivity index (χ4v) is 3.58. The molecule has 12 nitrogen and oxygen atoms in total. The molecule has 0 aliphatic carbocycles. The molecule has 222 valence electrons. The van der Waals surface area contributed by atoms with Gasteiger partial charge in [-0.1, -0.05) is 30.3 Å². The summed E-state index contributed by atoms with van der Waals surface area (Å²) in [7, 11) is 0. The van der Waals surface area contributed by atoms with E-state index in [1.54, 1.807) is 30.3 Å². The van der Waals surface area contributed by atoms with Gasteiger partial charge in [0.05, 0.1) is 32.1 Å². The Balaban J connectivity index is 1.77. The standard InChI is InChI=1S/C25H27F4N5O7/c1-25(13-41-25)19(35)15(9-14-5-3-2-4-6-14)32-21(37)17(11-39-23(26)27)34-22(38)18(12-40-24(28)29)33-20(36)16-10-30-7-8-31-16/h2-8,10,15,17-18,23-24H,9,11-13H2,1H3,(H,32,37)(H,33,36)(H,34,38)/t15-,17-,18-,25+/m0/s1. The molecule has 1 saturated heterocycles. The van der Waals surface area contributed by atoms with Crippen LogP contribution in [0.3, 0.4) is 0 Å². The van der Waals surface area contributed by atoms with Crippen LogP contribution in [-0.2, 0) is 35.0 Å². The number of hydrogen-bond acceptors (Lipinski definition) is 9. The van der Waals surface area contributed by atoms with Crippen molar-refractivity contribution in [2.75, 3.05) is 19.8 Å². The second kappa shape index (κ2) is 14.6. The molecule has 3 rings (SSSR count). The largest absolute Gasteiger partial charge is 0.361 e. The van der Waals surface area contributed by atoms with Crippen molar-refractivity contribution in [3.05, 3.63) is 60.2 Å². The molecule has 1 aliphatic rings. The SMILES string of the molecule is C[C@]1(C(=O)[C@H](Cc2ccccc2)NC(=O)[C@H](COC(F)F)NC(=O)[C@H](COC(F)F)NC(=O)c2cnccn2)CO1. The van der Waals surface area contributed by atoms with Crippen molar-refractivity contribution >= 4 is 23.5 Å². The van der Waals surface area contributed by atoms with Gasteiger partial charge in [-0.05, 0) is 18.9 Å². The van der Waals surface area contributed by atoms with Crippen LogP contribution >= 0.6 is 0 Å². The van der Waals surface area contributed by atoms with Crippen LogP contribution in [0.4, 0.5) is 17.6 Å². The second-order valence-corrected chi connectivity index (χ2v) is 9.00. The highest BCUT2D eigenvalue weighted by Crippen LogP contribution is 2.29. The molecule has 1 aliphatic heterocycles. The molecule has 0 spiro atoms. The van der Waals surface area contributed by atoms with Gasteiger partial charge < -0.3 is 30.2 Å². The molecule has 1 aromatic heterocycles. The number of rotatable bonds is 16. The van der Waals surface area contributed by atoms with Crippen molar-refractivity contribution in [2.24, 2.45) is 0 Å². The predicted molar refractivity (Wildman–Crippen MR) is 131 cm³/mol. The van der Waals surface area contributed by atoms with Gasteiger partial charge in [-0.25, -0.2) is 4.98 Å². The molecule has 3 N–H and O–H groups in total. The first-order valence-corrected chi connectivity index (χ1v) is 12.2. The van der Waals surface area contributed by atoms with E-state index in [9.17, 15) is 36.7 Å². The van der Waals surface area contributed by atoms with Gasteiger partial charge >= 0.3 is 13.2 Å². The van der Waals surface area contributed by atoms with Gasteiger partial charge in [-0.2, -0.15) is 17.6 Å². The van der Waals surface area contributed by atoms with Crippen molar-refractivity contribution in [3.8, 4) is 0 Å². The number of Topliss-reactive ketones (excluding diaryl/α,β-unsaturated/α-hetero) is 1. The summed E-state index contributed by atoms with van der Waals surface area (Å²) in [5.41, 5.74) is -0.765. The van der Waals surface area contributed by atoms with E-state index in [4.69, 9.17) is 4.74 Å². The number of nitrogens with one attached hydrogen (secondary N) is 3. The van der Waals surface area contributed by atoms with E-state index >= 15 is 0 Å². The smallest absolute Gasteiger partial charge is 0.345 e. The van der Waals surface area contributed by atoms with Crippen LogP contribution in [0.2, 0.25) is 0 Å². The Labute approximate surface area is 231 Å². The van der Waals surface area contributed by atoms with E-state index < -0.39 is 73.7 Å². The minimum Gasteiger partial charge on any atom is -0.361 e. The van der Waals surface area contributed by atoms with Gasteiger partial charge in [0.25, 0.3) is 5.91 Å². The number of ether oxygens (including phenoxy) is 3. The monoisotopic (exact) mass is 585 g/mol. The van der Waals surface area contributed by atoms with E-state index in [0.717, 1.165) is 6.20 Å². The fourth-order valence-electron chi connectivity index (χ4n) is 3.58. The highest BCUT2D eigenvalue weighted by molar-refractivity contribution is 5.99. The predicted octanol–water partition coefficient (Wildman–Crippen LogP) is 0.624. The molecule has 1 fully saturated rings. The zero-order chi connectivity index (χ0) is 30.0. The van der Waals surface area contributed by atoms with Crippen molar-refractivity contribution in [2.45, 2.75) is 50.3 Å². The van der Waals surface area contributed by atoms with Crippen molar-refractivity contribution in [3.63, 3.8) is 0 Å². The van der Waals surface area contributed by atoms with Gasteiger partial charge in [0.2, 0.25) is 11.8 Å². The number of epoxide rings is 1. The quantitative estimate of drug-likeness (QED) is 0.190. The summed E-state index contributed by atoms with van der Waals surface area (Å²) in [5, 5.41) is 6.63. The summed E-state index contributed by atoms with van der Waals surface area (Å²) in [4.78, 5) is 59.1. The topological polar surface area (TPSA) is 161 Å². The molecule has 4 atom stereocenters. The fraction of sp³-hybridized carbons (Fsp3) is 0.440. The summed E-state index contributed by atoms with van der Waals surface area (Å²) in [6.45, 7) is -7.14. The minimum atomic E-state index is -3.34. The molecular weight excluding hydrogens is 558 g/mol. The van der Waals surface area contributed by atoms with Gasteiger partial charge in [-0.15, -0.1) is 0 Å². The number of amides is 3. The molecule has 0 radical (unpaired) electrons. The van der Waals surface area contributed by atoms with Gasteiger partial charge in [0.15, 0.2) is 5.78 Å². The number of alkyl halides is 4. The number of aromatic nitrogens is 2. The van der Waals surface area contributed by atoms with E-state index in [1.807, 2.05) is 0 Å². The Morgan fingerprint density at radius 3 is 1.98 bits per heavy atom. The van der Waals surface area contributed by atoms with Gasteiger partial charge in [0, 0.05) is 12.4 Å². The number of carbonyl (C=O) groups is 4. The first kappa shape index (κ1) is 31.5. The van der Waals surface area contributed by atoms with Crippen molar-refractivity contribution in [1.29, 1.82) is 0 Å². The number of benzene rings is 1. The molecule has 0 unspecified atom stereocenters. The van der Waals surface area contributed by atoms with Crippen LogP contribution in [0.15, 0.2) is 48.9 Å². The Morgan fingerprint density at radius 1 is 0.902 bits per heavy atom. The molecule has 1 aromatic carbocycles. The summed E-state index contributed by atoms with van der Waals surface area (Å²) >= 11 is 0. The lowest BCUT2D eigenvalue weighted by atomic mass is 9.94. The summed E-state index contributed by atoms with van der Waals surface area (Å²) < 4.78 is 64.7. The van der Waals surface area contributed by atoms with E-state index in [2.05, 4.69) is 35.4 Å². The molecule has 16 heteroatoms. The Morgan fingerprint density at radius 2 is 1.46 bits per heavy atom. The average Bonchev–Trinajstić information content (AvgIpc) is 3.71. The zero-order valence-electron chi connectivity index (χ0n) is 21.6. The lowest BCUT2D eigenvalue weighted by Gasteiger charge is -2.25. The first-order chi connectivity index (χ1) is 19.5. The summed E-state index contributed by atoms with van der Waals surface area (Å²) in [6, 6.07) is 3.74. The third kappa shape index (κ3) is 9.84. The van der Waals surface area contributed by atoms with E-state index in [-0.39, 0.29) is 18.7 Å². The average molecular weight is 586 g/mol. The van der Waals surface area contributed by atoms with Crippen LogP contribution in [0.25, 0.3) is 0 Å². The van der Waals surface area contributed by atoms with Crippen LogP contribution in [0, 0.1) is 0 Å². The van der Waals surface area contributed by atoms with Crippen LogP contribution < -0.4 is 16.0 Å². The normalized spacial score (nSPS) is 18.3. The lowest BCUT2D eigenvalue weighted by molar-refractivity contribution is -0.152. The minimum absolute atomic E-state index is 0.0136. The van der Waals surface area contributed by atoms with Gasteiger partial charge in [0.1, 0.15) is 23.4 Å². The highest BCUT2D eigenvalue weighted by atomic mass is 19.3. The molecular formula is C25H27F4N5O7. The van der Waals surface area contributed by atoms with Gasteiger partial charge in [-0.3, -0.25) is 24.2 Å². The maximum atomic E-state index is 13.2. The van der Waals surface area contributed by atoms with E-state index in [1.165, 1.54) is 19.3 Å². The first-order valence-electron chi connectivity index (χ1n) is 12.2. The van der Waals surface area contributed by atoms with Crippen molar-refractivity contribution in [1.82, 2.24) is 25.9 Å². The maximum absolute atomic E-state index is 13.2. The third-order valence-electron chi connectivity index (χ3n) is 5.84. The maximum Gasteiger partial charge on any atom is 0.345 e. The number of ketones is 1. The van der Waals surface area contributed by atoms with E-state index in [0.29, 0.717) is 5.56 Å². The summed E-state index contributed by atoms with van der Waals surface area (Å²) in [6.07, 6.45) is 3.49. The number of hydrogen-bond donors (Lipinski definition) is 3. The number of halogens is 4. The molecule has 3 amide bonds. The summed E-state index contributed by atoms with van der Waals surface area (Å²) in [5.74, 6) is -3.82. The van der Waals surface area contributed by atoms with Crippen LogP contribution in [-0.4, -0.2) is 90.2 Å². The molecule has 0 bridgehead atoms. The molecule has 0 saturated carbocycles. The second-order valence-electron chi connectivity index (χ2n) is 9.00. The Kier molecular flexibility index (Phi) is 11.2. The Hall–Kier alpha value is -4.02. The van der Waals surface area contributed by atoms with Crippen LogP contribution in [0.5, 0.6) is 0 Å². The molecule has 41 heavy (non-hydrogen) atoms. The third-order valence-corrected chi connectivity index (χ3v) is 5.84. The molecule has 2 heterocycles. The van der Waals surface area contributed by atoms with Crippen molar-refractivity contribution < 1.29 is 51.0 Å². The molecule has 2 aromatic rings. The zero-order valence-corrected chi connectivity index (χ0v) is 21.6. The Bertz CT molecular complexity index is 1190. The van der Waals surface area contributed by atoms with Crippen LogP contribution in [0.1, 0.15) is 23.0 Å². The highest BCUT2D eigenvalue weighted by Gasteiger charge is 2.50. The number of carbonyl (C=O) groups excluding carboxylic acids is 4. The number of nitrogens with zero attached hydrogens (tertiary/aromatic N) is 2.